The zero-order valence-electron chi connectivity index (χ0n) is 10.6. The maximum atomic E-state index is 5.42. The number of rotatable bonds is 7. The van der Waals surface area contributed by atoms with Gasteiger partial charge in [-0.15, -0.1) is 6.58 Å². The number of hydrogen-bond donors (Lipinski definition) is 1. The van der Waals surface area contributed by atoms with E-state index in [4.69, 9.17) is 9.47 Å². The number of ether oxygens (including phenoxy) is 2. The molecule has 0 saturated carbocycles. The van der Waals surface area contributed by atoms with Gasteiger partial charge in [-0.25, -0.2) is 0 Å². The zero-order chi connectivity index (χ0) is 12.0. The summed E-state index contributed by atoms with van der Waals surface area (Å²) < 4.78 is 10.8. The molecule has 4 heteroatoms. The van der Waals surface area contributed by atoms with Crippen LogP contribution in [0.3, 0.4) is 0 Å². The Labute approximate surface area is 98.6 Å². The van der Waals surface area contributed by atoms with Crippen molar-refractivity contribution in [2.45, 2.75) is 25.2 Å². The van der Waals surface area contributed by atoms with Gasteiger partial charge < -0.3 is 14.8 Å². The Kier molecular flexibility index (Phi) is 5.98. The summed E-state index contributed by atoms with van der Waals surface area (Å²) in [7, 11) is 3.50. The van der Waals surface area contributed by atoms with E-state index < -0.39 is 0 Å². The second-order valence-corrected chi connectivity index (χ2v) is 4.30. The van der Waals surface area contributed by atoms with Gasteiger partial charge in [-0.1, -0.05) is 6.08 Å². The minimum absolute atomic E-state index is 0.201. The lowest BCUT2D eigenvalue weighted by molar-refractivity contribution is -0.00461. The smallest absolute Gasteiger partial charge is 0.0971 e. The van der Waals surface area contributed by atoms with Gasteiger partial charge in [-0.05, 0) is 6.92 Å². The molecule has 16 heavy (non-hydrogen) atoms. The van der Waals surface area contributed by atoms with Gasteiger partial charge in [0.2, 0.25) is 0 Å². The molecule has 0 radical (unpaired) electrons. The fraction of sp³-hybridized carbons (Fsp3) is 0.833. The summed E-state index contributed by atoms with van der Waals surface area (Å²) in [6.07, 6.45) is 2.28. The summed E-state index contributed by atoms with van der Waals surface area (Å²) in [6.45, 7) is 9.65. The molecule has 1 saturated heterocycles. The van der Waals surface area contributed by atoms with Crippen LogP contribution in [0.25, 0.3) is 0 Å². The summed E-state index contributed by atoms with van der Waals surface area (Å²) in [5, 5.41) is 3.34. The SMILES string of the molecule is C=CCNCC(C)N1CC(OC)C(OC)C1. The van der Waals surface area contributed by atoms with Gasteiger partial charge >= 0.3 is 0 Å². The number of methoxy groups -OCH3 is 2. The minimum atomic E-state index is 0.201. The Balaban J connectivity index is 2.34. The first-order valence-corrected chi connectivity index (χ1v) is 5.84. The molecule has 1 rings (SSSR count). The van der Waals surface area contributed by atoms with Crippen LogP contribution in [0, 0.1) is 0 Å². The van der Waals surface area contributed by atoms with Gasteiger partial charge in [0.1, 0.15) is 0 Å². The Hall–Kier alpha value is -0.420. The molecule has 0 spiro atoms. The van der Waals surface area contributed by atoms with Crippen LogP contribution < -0.4 is 5.32 Å². The molecular weight excluding hydrogens is 204 g/mol. The minimum Gasteiger partial charge on any atom is -0.377 e. The quantitative estimate of drug-likeness (QED) is 0.508. The first-order chi connectivity index (χ1) is 7.72. The van der Waals surface area contributed by atoms with Crippen molar-refractivity contribution in [2.75, 3.05) is 40.4 Å². The monoisotopic (exact) mass is 228 g/mol. The predicted octanol–water partition coefficient (Wildman–Crippen LogP) is 0.496. The van der Waals surface area contributed by atoms with E-state index in [-0.39, 0.29) is 12.2 Å². The third-order valence-corrected chi connectivity index (χ3v) is 3.20. The summed E-state index contributed by atoms with van der Waals surface area (Å²) in [5.74, 6) is 0. The normalized spacial score (nSPS) is 28.2. The molecule has 1 fully saturated rings. The van der Waals surface area contributed by atoms with E-state index >= 15 is 0 Å². The molecule has 0 aliphatic carbocycles. The van der Waals surface area contributed by atoms with Crippen LogP contribution in [-0.2, 0) is 9.47 Å². The van der Waals surface area contributed by atoms with Crippen molar-refractivity contribution in [3.05, 3.63) is 12.7 Å². The number of nitrogens with one attached hydrogen (secondary N) is 1. The average molecular weight is 228 g/mol. The van der Waals surface area contributed by atoms with E-state index in [1.807, 2.05) is 6.08 Å². The van der Waals surface area contributed by atoms with Crippen molar-refractivity contribution in [3.63, 3.8) is 0 Å². The summed E-state index contributed by atoms with van der Waals surface area (Å²) >= 11 is 0. The maximum Gasteiger partial charge on any atom is 0.0971 e. The zero-order valence-corrected chi connectivity index (χ0v) is 10.6. The number of nitrogens with zero attached hydrogens (tertiary/aromatic N) is 1. The molecule has 0 aromatic rings. The van der Waals surface area contributed by atoms with E-state index in [2.05, 4.69) is 23.7 Å². The third kappa shape index (κ3) is 3.56. The molecule has 1 aliphatic heterocycles. The predicted molar refractivity (Wildman–Crippen MR) is 65.7 cm³/mol. The Bertz CT molecular complexity index is 199. The molecule has 1 heterocycles. The largest absolute Gasteiger partial charge is 0.377 e. The fourth-order valence-corrected chi connectivity index (χ4v) is 2.11. The van der Waals surface area contributed by atoms with E-state index in [0.717, 1.165) is 26.2 Å². The molecule has 3 unspecified atom stereocenters. The van der Waals surface area contributed by atoms with Crippen molar-refractivity contribution in [1.29, 1.82) is 0 Å². The summed E-state index contributed by atoms with van der Waals surface area (Å²) in [6, 6.07) is 0.498. The lowest BCUT2D eigenvalue weighted by Crippen LogP contribution is -2.39. The molecule has 94 valence electrons. The summed E-state index contributed by atoms with van der Waals surface area (Å²) in [4.78, 5) is 2.40. The molecule has 0 aromatic heterocycles. The van der Waals surface area contributed by atoms with Crippen LogP contribution in [0.5, 0.6) is 0 Å². The van der Waals surface area contributed by atoms with E-state index in [1.165, 1.54) is 0 Å². The molecule has 1 aliphatic rings. The average Bonchev–Trinajstić information content (AvgIpc) is 2.72. The highest BCUT2D eigenvalue weighted by Crippen LogP contribution is 2.17. The Morgan fingerprint density at radius 1 is 1.38 bits per heavy atom. The molecule has 3 atom stereocenters. The second-order valence-electron chi connectivity index (χ2n) is 4.30. The molecular formula is C12H24N2O2. The Morgan fingerprint density at radius 3 is 2.38 bits per heavy atom. The van der Waals surface area contributed by atoms with E-state index in [9.17, 15) is 0 Å². The van der Waals surface area contributed by atoms with Crippen LogP contribution >= 0.6 is 0 Å². The highest BCUT2D eigenvalue weighted by molar-refractivity contribution is 4.89. The second kappa shape index (κ2) is 7.01. The summed E-state index contributed by atoms with van der Waals surface area (Å²) in [5.41, 5.74) is 0. The Morgan fingerprint density at radius 2 is 1.94 bits per heavy atom. The van der Waals surface area contributed by atoms with Gasteiger partial charge in [0.25, 0.3) is 0 Å². The van der Waals surface area contributed by atoms with Gasteiger partial charge in [0.15, 0.2) is 0 Å². The van der Waals surface area contributed by atoms with E-state index in [1.54, 1.807) is 14.2 Å². The van der Waals surface area contributed by atoms with Crippen molar-refractivity contribution in [1.82, 2.24) is 10.2 Å². The lowest BCUT2D eigenvalue weighted by Gasteiger charge is -2.24. The van der Waals surface area contributed by atoms with Crippen LogP contribution in [0.15, 0.2) is 12.7 Å². The van der Waals surface area contributed by atoms with Crippen LogP contribution in [0.4, 0.5) is 0 Å². The van der Waals surface area contributed by atoms with Crippen LogP contribution in [0.1, 0.15) is 6.92 Å². The first kappa shape index (κ1) is 13.6. The molecule has 0 bridgehead atoms. The third-order valence-electron chi connectivity index (χ3n) is 3.20. The molecule has 0 amide bonds. The topological polar surface area (TPSA) is 33.7 Å². The molecule has 4 nitrogen and oxygen atoms in total. The molecule has 1 N–H and O–H groups in total. The highest BCUT2D eigenvalue weighted by Gasteiger charge is 2.34. The van der Waals surface area contributed by atoms with Crippen molar-refractivity contribution < 1.29 is 9.47 Å². The van der Waals surface area contributed by atoms with Gasteiger partial charge in [0, 0.05) is 46.4 Å². The molecule has 0 aromatic carbocycles. The van der Waals surface area contributed by atoms with Gasteiger partial charge in [-0.3, -0.25) is 4.90 Å². The van der Waals surface area contributed by atoms with Crippen molar-refractivity contribution in [2.24, 2.45) is 0 Å². The number of hydrogen-bond acceptors (Lipinski definition) is 4. The van der Waals surface area contributed by atoms with Crippen molar-refractivity contribution in [3.8, 4) is 0 Å². The van der Waals surface area contributed by atoms with Gasteiger partial charge in [-0.2, -0.15) is 0 Å². The highest BCUT2D eigenvalue weighted by atomic mass is 16.5. The van der Waals surface area contributed by atoms with E-state index in [0.29, 0.717) is 6.04 Å². The maximum absolute atomic E-state index is 5.42. The first-order valence-electron chi connectivity index (χ1n) is 5.84. The van der Waals surface area contributed by atoms with Gasteiger partial charge in [0.05, 0.1) is 12.2 Å². The fourth-order valence-electron chi connectivity index (χ4n) is 2.11. The van der Waals surface area contributed by atoms with Crippen molar-refractivity contribution >= 4 is 0 Å². The lowest BCUT2D eigenvalue weighted by atomic mass is 10.3. The van der Waals surface area contributed by atoms with Crippen LogP contribution in [-0.4, -0.2) is 63.5 Å². The van der Waals surface area contributed by atoms with Crippen LogP contribution in [0.2, 0.25) is 0 Å². The standard InChI is InChI=1S/C12H24N2O2/c1-5-6-13-7-10(2)14-8-11(15-3)12(9-14)16-4/h5,10-13H,1,6-9H2,2-4H3. The number of likely N-dealkylation sites (tertiary alicyclic amines) is 1.